The van der Waals surface area contributed by atoms with Crippen LogP contribution in [0.25, 0.3) is 11.2 Å². The Morgan fingerprint density at radius 2 is 1.69 bits per heavy atom. The highest BCUT2D eigenvalue weighted by Crippen LogP contribution is 2.34. The average molecular weight is 531 g/mol. The van der Waals surface area contributed by atoms with Gasteiger partial charge in [-0.25, -0.2) is 9.67 Å². The minimum absolute atomic E-state index is 0.0324. The number of halogens is 7. The molecule has 0 aliphatic rings. The van der Waals surface area contributed by atoms with Crippen LogP contribution in [0.15, 0.2) is 53.6 Å². The van der Waals surface area contributed by atoms with Crippen LogP contribution in [0, 0.1) is 0 Å². The SMILES string of the molecule is O=C(Cn1cnc2c(nnn2Cc2cccc(C(F)(F)F)c2)c1=O)Nc1cc(C(F)(F)F)ccc1Cl. The van der Waals surface area contributed by atoms with Gasteiger partial charge in [-0.3, -0.25) is 14.2 Å². The van der Waals surface area contributed by atoms with E-state index in [1.807, 2.05) is 0 Å². The van der Waals surface area contributed by atoms with E-state index in [1.54, 1.807) is 0 Å². The van der Waals surface area contributed by atoms with Crippen LogP contribution >= 0.6 is 11.6 Å². The van der Waals surface area contributed by atoms with Crippen molar-refractivity contribution in [3.63, 3.8) is 0 Å². The van der Waals surface area contributed by atoms with E-state index in [4.69, 9.17) is 11.6 Å². The summed E-state index contributed by atoms with van der Waals surface area (Å²) in [5, 5.41) is 9.53. The third-order valence-electron chi connectivity index (χ3n) is 4.96. The van der Waals surface area contributed by atoms with Gasteiger partial charge in [0, 0.05) is 0 Å². The molecule has 8 nitrogen and oxygen atoms in total. The van der Waals surface area contributed by atoms with Gasteiger partial charge in [-0.1, -0.05) is 28.9 Å². The summed E-state index contributed by atoms with van der Waals surface area (Å²) in [5.41, 5.74) is -3.03. The van der Waals surface area contributed by atoms with Crippen LogP contribution in [0.5, 0.6) is 0 Å². The molecule has 188 valence electrons. The number of nitrogens with one attached hydrogen (secondary N) is 1. The van der Waals surface area contributed by atoms with E-state index in [1.165, 1.54) is 12.1 Å². The zero-order chi connectivity index (χ0) is 26.3. The van der Waals surface area contributed by atoms with Crippen molar-refractivity contribution < 1.29 is 31.1 Å². The Bertz CT molecular complexity index is 1510. The maximum atomic E-state index is 13.0. The number of benzene rings is 2. The van der Waals surface area contributed by atoms with Crippen molar-refractivity contribution in [2.75, 3.05) is 5.32 Å². The lowest BCUT2D eigenvalue weighted by atomic mass is 10.1. The predicted octanol–water partition coefficient (Wildman–Crippen LogP) is 4.37. The molecule has 0 aliphatic carbocycles. The second kappa shape index (κ2) is 9.26. The Kier molecular flexibility index (Phi) is 6.47. The molecule has 4 rings (SSSR count). The molecule has 0 atom stereocenters. The molecule has 0 radical (unpaired) electrons. The molecular weight excluding hydrogens is 518 g/mol. The van der Waals surface area contributed by atoms with Crippen LogP contribution in [-0.2, 0) is 30.2 Å². The summed E-state index contributed by atoms with van der Waals surface area (Å²) in [6.45, 7) is -0.791. The van der Waals surface area contributed by atoms with Gasteiger partial charge >= 0.3 is 12.4 Å². The minimum Gasteiger partial charge on any atom is -0.323 e. The number of carbonyl (C=O) groups is 1. The van der Waals surface area contributed by atoms with E-state index in [2.05, 4.69) is 20.6 Å². The first-order chi connectivity index (χ1) is 16.8. The molecule has 0 unspecified atom stereocenters. The minimum atomic E-state index is -4.66. The number of fused-ring (bicyclic) bond motifs is 1. The van der Waals surface area contributed by atoms with Crippen LogP contribution in [0.4, 0.5) is 32.0 Å². The van der Waals surface area contributed by atoms with Gasteiger partial charge < -0.3 is 5.32 Å². The number of carbonyl (C=O) groups excluding carboxylic acids is 1. The predicted molar refractivity (Wildman–Crippen MR) is 115 cm³/mol. The summed E-state index contributed by atoms with van der Waals surface area (Å²) in [7, 11) is 0. The molecule has 1 N–H and O–H groups in total. The molecule has 2 heterocycles. The molecule has 2 aromatic heterocycles. The van der Waals surface area contributed by atoms with Gasteiger partial charge in [0.15, 0.2) is 11.2 Å². The normalized spacial score (nSPS) is 12.2. The third kappa shape index (κ3) is 5.32. The standard InChI is InChI=1S/C21H13ClF6N6O2/c22-14-5-4-13(21(26,27)28)7-15(14)30-16(35)9-33-10-29-18-17(19(33)36)31-32-34(18)8-11-2-1-3-12(6-11)20(23,24)25/h1-7,10H,8-9H2,(H,30,35). The monoisotopic (exact) mass is 530 g/mol. The summed E-state index contributed by atoms with van der Waals surface area (Å²) in [6.07, 6.45) is -8.20. The van der Waals surface area contributed by atoms with Crippen LogP contribution in [0.1, 0.15) is 16.7 Å². The molecule has 15 heteroatoms. The highest BCUT2D eigenvalue weighted by molar-refractivity contribution is 6.33. The molecule has 1 amide bonds. The molecule has 36 heavy (non-hydrogen) atoms. The molecule has 0 spiro atoms. The summed E-state index contributed by atoms with van der Waals surface area (Å²) >= 11 is 5.86. The van der Waals surface area contributed by atoms with Crippen molar-refractivity contribution in [1.29, 1.82) is 0 Å². The van der Waals surface area contributed by atoms with Crippen molar-refractivity contribution in [2.45, 2.75) is 25.4 Å². The van der Waals surface area contributed by atoms with Gasteiger partial charge in [0.1, 0.15) is 12.9 Å². The van der Waals surface area contributed by atoms with E-state index in [0.29, 0.717) is 6.07 Å². The number of nitrogens with zero attached hydrogens (tertiary/aromatic N) is 5. The van der Waals surface area contributed by atoms with Gasteiger partial charge in [0.25, 0.3) is 5.56 Å². The first kappa shape index (κ1) is 25.2. The van der Waals surface area contributed by atoms with Crippen LogP contribution < -0.4 is 10.9 Å². The van der Waals surface area contributed by atoms with Crippen molar-refractivity contribution in [3.05, 3.63) is 80.9 Å². The fourth-order valence-corrected chi connectivity index (χ4v) is 3.43. The molecule has 0 aliphatic heterocycles. The van der Waals surface area contributed by atoms with Gasteiger partial charge in [-0.2, -0.15) is 26.3 Å². The first-order valence-electron chi connectivity index (χ1n) is 9.94. The van der Waals surface area contributed by atoms with Crippen molar-refractivity contribution in [2.24, 2.45) is 0 Å². The number of rotatable bonds is 5. The summed E-state index contributed by atoms with van der Waals surface area (Å²) in [6, 6.07) is 6.89. The van der Waals surface area contributed by atoms with E-state index in [0.717, 1.165) is 39.8 Å². The topological polar surface area (TPSA) is 94.7 Å². The van der Waals surface area contributed by atoms with E-state index >= 15 is 0 Å². The molecule has 0 saturated heterocycles. The maximum absolute atomic E-state index is 13.0. The summed E-state index contributed by atoms with van der Waals surface area (Å²) < 4.78 is 79.6. The summed E-state index contributed by atoms with van der Waals surface area (Å²) in [5.74, 6) is -0.865. The van der Waals surface area contributed by atoms with E-state index in [9.17, 15) is 35.9 Å². The van der Waals surface area contributed by atoms with Gasteiger partial charge in [-0.05, 0) is 35.9 Å². The molecule has 2 aromatic carbocycles. The first-order valence-corrected chi connectivity index (χ1v) is 10.3. The highest BCUT2D eigenvalue weighted by atomic mass is 35.5. The smallest absolute Gasteiger partial charge is 0.323 e. The molecular formula is C21H13ClF6N6O2. The van der Waals surface area contributed by atoms with E-state index < -0.39 is 41.5 Å². The lowest BCUT2D eigenvalue weighted by Gasteiger charge is -2.12. The zero-order valence-electron chi connectivity index (χ0n) is 17.7. The number of aromatic nitrogens is 5. The van der Waals surface area contributed by atoms with Crippen molar-refractivity contribution in [1.82, 2.24) is 24.5 Å². The van der Waals surface area contributed by atoms with E-state index in [-0.39, 0.29) is 34.0 Å². The molecule has 0 bridgehead atoms. The molecule has 4 aromatic rings. The Morgan fingerprint density at radius 1 is 1.00 bits per heavy atom. The fourth-order valence-electron chi connectivity index (χ4n) is 3.27. The third-order valence-corrected chi connectivity index (χ3v) is 5.29. The van der Waals surface area contributed by atoms with Gasteiger partial charge in [0.2, 0.25) is 5.91 Å². The van der Waals surface area contributed by atoms with Crippen LogP contribution in [0.2, 0.25) is 5.02 Å². The molecule has 0 fully saturated rings. The van der Waals surface area contributed by atoms with Crippen LogP contribution in [-0.4, -0.2) is 30.5 Å². The number of anilines is 1. The molecule has 0 saturated carbocycles. The Hall–Kier alpha value is -3.94. The largest absolute Gasteiger partial charge is 0.416 e. The average Bonchev–Trinajstić information content (AvgIpc) is 3.19. The Morgan fingerprint density at radius 3 is 2.39 bits per heavy atom. The quantitative estimate of drug-likeness (QED) is 0.387. The Balaban J connectivity index is 1.54. The second-order valence-corrected chi connectivity index (χ2v) is 7.94. The van der Waals surface area contributed by atoms with Crippen molar-refractivity contribution in [3.8, 4) is 0 Å². The lowest BCUT2D eigenvalue weighted by molar-refractivity contribution is -0.138. The highest BCUT2D eigenvalue weighted by Gasteiger charge is 2.31. The lowest BCUT2D eigenvalue weighted by Crippen LogP contribution is -2.28. The number of hydrogen-bond acceptors (Lipinski definition) is 5. The van der Waals surface area contributed by atoms with Crippen LogP contribution in [0.3, 0.4) is 0 Å². The van der Waals surface area contributed by atoms with Crippen molar-refractivity contribution >= 4 is 34.4 Å². The van der Waals surface area contributed by atoms with Gasteiger partial charge in [-0.15, -0.1) is 5.10 Å². The summed E-state index contributed by atoms with van der Waals surface area (Å²) in [4.78, 5) is 29.1. The fraction of sp³-hybridized carbons (Fsp3) is 0.190. The number of amides is 1. The number of hydrogen-bond donors (Lipinski definition) is 1. The zero-order valence-corrected chi connectivity index (χ0v) is 18.5. The second-order valence-electron chi connectivity index (χ2n) is 7.54. The Labute approximate surface area is 202 Å². The maximum Gasteiger partial charge on any atom is 0.416 e. The number of alkyl halides is 6. The van der Waals surface area contributed by atoms with Gasteiger partial charge in [0.05, 0.1) is 28.4 Å².